The van der Waals surface area contributed by atoms with Crippen molar-refractivity contribution in [2.24, 2.45) is 0 Å². The Bertz CT molecular complexity index is 115. The summed E-state index contributed by atoms with van der Waals surface area (Å²) in [6.45, 7) is 1.82. The van der Waals surface area contributed by atoms with E-state index >= 15 is 0 Å². The molecule has 0 saturated heterocycles. The van der Waals surface area contributed by atoms with Crippen LogP contribution in [0.5, 0.6) is 0 Å². The molecular weight excluding hydrogens is 176 g/mol. The van der Waals surface area contributed by atoms with Gasteiger partial charge in [-0.25, -0.2) is 0 Å². The fraction of sp³-hybridized carbons (Fsp3) is 0.500. The van der Waals surface area contributed by atoms with E-state index in [-0.39, 0.29) is 65.6 Å². The molecule has 0 aliphatic rings. The van der Waals surface area contributed by atoms with Gasteiger partial charge in [-0.2, -0.15) is 0 Å². The summed E-state index contributed by atoms with van der Waals surface area (Å²) in [6.07, 6.45) is 2.37. The number of H-pyrrole nitrogens is 1. The van der Waals surface area contributed by atoms with Gasteiger partial charge in [-0.05, 0) is 12.2 Å². The van der Waals surface area contributed by atoms with Crippen molar-refractivity contribution < 1.29 is 58.2 Å². The van der Waals surface area contributed by atoms with Gasteiger partial charge in [0.15, 0.2) is 0 Å². The van der Waals surface area contributed by atoms with Crippen molar-refractivity contribution in [3.8, 4) is 0 Å². The molecule has 0 aliphatic carbocycles. The molecule has 8 heavy (non-hydrogen) atoms. The van der Waals surface area contributed by atoms with Gasteiger partial charge in [-0.3, -0.25) is 5.10 Å². The van der Waals surface area contributed by atoms with E-state index in [4.69, 9.17) is 0 Å². The average Bonchev–Trinajstić information content (AvgIpc) is 1.86. The zero-order valence-corrected chi connectivity index (χ0v) is 9.31. The summed E-state index contributed by atoms with van der Waals surface area (Å²) in [5, 5.41) is 6.04. The smallest absolute Gasteiger partial charge is 0.418 e. The van der Waals surface area contributed by atoms with Gasteiger partial charge in [-0.15, -0.1) is 0 Å². The molecule has 0 fully saturated rings. The molecule has 1 aromatic rings. The zero-order valence-electron chi connectivity index (χ0n) is 4.39. The monoisotopic (exact) mass is 183 g/mol. The van der Waals surface area contributed by atoms with Crippen molar-refractivity contribution in [2.75, 3.05) is 0 Å². The minimum Gasteiger partial charge on any atom is -0.418 e. The Balaban J connectivity index is 0. The molecule has 1 N–H and O–H groups in total. The summed E-state index contributed by atoms with van der Waals surface area (Å²) < 4.78 is 0. The van der Waals surface area contributed by atoms with E-state index in [1.807, 2.05) is 6.92 Å². The van der Waals surface area contributed by atoms with Gasteiger partial charge >= 0.3 is 58.2 Å². The van der Waals surface area contributed by atoms with Gasteiger partial charge < -0.3 is 10.1 Å². The average molecular weight is 184 g/mol. The Morgan fingerprint density at radius 1 is 1.62 bits per heavy atom. The topological polar surface area (TPSA) is 41.6 Å². The van der Waals surface area contributed by atoms with Crippen molar-refractivity contribution in [1.82, 2.24) is 15.2 Å². The maximum atomic E-state index is 3.62. The second kappa shape index (κ2) is 6.07. The fourth-order valence-electron chi connectivity index (χ4n) is 0.231. The van der Waals surface area contributed by atoms with Crippen molar-refractivity contribution in [1.29, 1.82) is 0 Å². The van der Waals surface area contributed by atoms with Crippen LogP contribution in [0.25, 0.3) is 0 Å². The number of hydrogen-bond acceptors (Lipinski definition) is 2. The fourth-order valence-corrected chi connectivity index (χ4v) is 0.231. The molecule has 1 rings (SSSR count). The molecule has 0 saturated carbocycles. The van der Waals surface area contributed by atoms with E-state index in [0.29, 0.717) is 0 Å². The number of nitrogens with zero attached hydrogens (tertiary/aromatic N) is 2. The van der Waals surface area contributed by atoms with Gasteiger partial charge in [0, 0.05) is 0 Å². The Hall–Kier alpha value is 0.945. The van der Waals surface area contributed by atoms with Crippen LogP contribution in [0.15, 0.2) is 0 Å². The molecule has 0 bridgehead atoms. The Kier molecular flexibility index (Phi) is 8.88. The third-order valence-corrected chi connectivity index (χ3v) is 0.485. The van der Waals surface area contributed by atoms with Gasteiger partial charge in [0.1, 0.15) is 0 Å². The summed E-state index contributed by atoms with van der Waals surface area (Å²) in [5.74, 6) is 0.801. The first-order chi connectivity index (χ1) is 2.89. The minimum atomic E-state index is 0. The molecule has 40 valence electrons. The van der Waals surface area contributed by atoms with Gasteiger partial charge in [0.05, 0.1) is 0 Å². The van der Waals surface area contributed by atoms with Crippen molar-refractivity contribution in [3.63, 3.8) is 0 Å². The molecule has 0 aromatic carbocycles. The van der Waals surface area contributed by atoms with E-state index in [0.717, 1.165) is 5.82 Å². The third kappa shape index (κ3) is 3.89. The van der Waals surface area contributed by atoms with Crippen LogP contribution in [0.1, 0.15) is 13.3 Å². The number of rotatable bonds is 0. The minimum absolute atomic E-state index is 0. The molecule has 0 spiro atoms. The molecule has 4 heteroatoms. The predicted molar refractivity (Wildman–Crippen MR) is 26.7 cm³/mol. The summed E-state index contributed by atoms with van der Waals surface area (Å²) >= 11 is 0. The number of aromatic amines is 1. The zero-order chi connectivity index (χ0) is 4.41. The van der Waals surface area contributed by atoms with Crippen molar-refractivity contribution in [3.05, 3.63) is 12.2 Å². The second-order valence-electron chi connectivity index (χ2n) is 1.02. The second-order valence-corrected chi connectivity index (χ2v) is 1.02. The van der Waals surface area contributed by atoms with Crippen molar-refractivity contribution in [2.45, 2.75) is 14.4 Å². The molecule has 0 radical (unpaired) electrons. The van der Waals surface area contributed by atoms with Crippen LogP contribution < -0.4 is 58.2 Å². The Labute approximate surface area is 98.1 Å². The van der Waals surface area contributed by atoms with Crippen LogP contribution in [0.3, 0.4) is 0 Å². The van der Waals surface area contributed by atoms with Gasteiger partial charge in [0.2, 0.25) is 0 Å². The first-order valence-electron chi connectivity index (χ1n) is 1.64. The van der Waals surface area contributed by atoms with E-state index in [9.17, 15) is 0 Å². The number of aryl methyl sites for hydroxylation is 1. The maximum absolute atomic E-state index is 3.62. The van der Waals surface area contributed by atoms with Crippen LogP contribution in [0, 0.1) is 13.3 Å². The predicted octanol–water partition coefficient (Wildman–Crippen LogP) is -2.45. The van der Waals surface area contributed by atoms with Gasteiger partial charge in [0.25, 0.3) is 0 Å². The van der Waals surface area contributed by atoms with E-state index in [1.54, 1.807) is 0 Å². The number of nitrogens with one attached hydrogen (secondary N) is 1. The normalized spacial score (nSPS) is 6.62. The molecule has 0 unspecified atom stereocenters. The standard InChI is InChI=1S/C3H4N3.CH4.Rb/c1-3-4-2-5-6-3;;/h1H3,(H,4,5,6);1H4;/q-1;;+1. The molecule has 0 atom stereocenters. The molecule has 1 aromatic heterocycles. The largest absolute Gasteiger partial charge is 1.00 e. The van der Waals surface area contributed by atoms with E-state index in [2.05, 4.69) is 21.5 Å². The summed E-state index contributed by atoms with van der Waals surface area (Å²) in [5.41, 5.74) is 0. The summed E-state index contributed by atoms with van der Waals surface area (Å²) in [6, 6.07) is 0. The van der Waals surface area contributed by atoms with Gasteiger partial charge in [-0.1, -0.05) is 14.4 Å². The van der Waals surface area contributed by atoms with Crippen LogP contribution in [0.4, 0.5) is 0 Å². The number of aromatic nitrogens is 3. The van der Waals surface area contributed by atoms with E-state index < -0.39 is 0 Å². The first kappa shape index (κ1) is 11.7. The SMILES string of the molecule is C.Cc1n[c-]n[nH]1.[Rb+]. The van der Waals surface area contributed by atoms with Crippen LogP contribution >= 0.6 is 0 Å². The Morgan fingerprint density at radius 3 is 2.38 bits per heavy atom. The third-order valence-electron chi connectivity index (χ3n) is 0.485. The van der Waals surface area contributed by atoms with Crippen LogP contribution in [-0.2, 0) is 0 Å². The number of hydrogen-bond donors (Lipinski definition) is 1. The van der Waals surface area contributed by atoms with E-state index in [1.165, 1.54) is 0 Å². The Morgan fingerprint density at radius 2 is 2.25 bits per heavy atom. The van der Waals surface area contributed by atoms with Crippen LogP contribution in [0.2, 0.25) is 0 Å². The first-order valence-corrected chi connectivity index (χ1v) is 1.64. The molecule has 1 heterocycles. The quantitative estimate of drug-likeness (QED) is 0.454. The van der Waals surface area contributed by atoms with Crippen molar-refractivity contribution >= 4 is 0 Å². The maximum Gasteiger partial charge on any atom is 1.00 e. The summed E-state index contributed by atoms with van der Waals surface area (Å²) in [4.78, 5) is 3.62. The molecule has 3 nitrogen and oxygen atoms in total. The molecule has 0 aliphatic heterocycles. The molecular formula is C4H8N3Rb. The summed E-state index contributed by atoms with van der Waals surface area (Å²) in [7, 11) is 0. The van der Waals surface area contributed by atoms with Crippen LogP contribution in [-0.4, -0.2) is 15.2 Å². The molecule has 0 amide bonds.